The Kier molecular flexibility index (Phi) is 4.34. The first-order chi connectivity index (χ1) is 8.76. The molecule has 2 rings (SSSR count). The number of carbonyl (C=O) groups excluding carboxylic acids is 1. The minimum atomic E-state index is -0.418. The first-order valence-electron chi connectivity index (χ1n) is 6.75. The number of rotatable bonds is 3. The maximum atomic E-state index is 13.6. The maximum absolute atomic E-state index is 13.6. The number of anilines is 1. The Morgan fingerprint density at radius 3 is 2.94 bits per heavy atom. The molecule has 0 N–H and O–H groups in total. The van der Waals surface area contributed by atoms with E-state index in [-0.39, 0.29) is 5.56 Å². The summed E-state index contributed by atoms with van der Waals surface area (Å²) in [6, 6.07) is 4.87. The molecule has 1 saturated heterocycles. The van der Waals surface area contributed by atoms with E-state index >= 15 is 0 Å². The average Bonchev–Trinajstić information content (AvgIpc) is 2.63. The molecule has 0 radical (unpaired) electrons. The van der Waals surface area contributed by atoms with Crippen molar-refractivity contribution in [1.29, 1.82) is 0 Å². The minimum absolute atomic E-state index is 0.201. The molecule has 0 aliphatic carbocycles. The molecule has 2 nitrogen and oxygen atoms in total. The molecule has 0 spiro atoms. The summed E-state index contributed by atoms with van der Waals surface area (Å²) in [4.78, 5) is 13.2. The second-order valence-corrected chi connectivity index (χ2v) is 4.98. The smallest absolute Gasteiger partial charge is 0.155 e. The standard InChI is InChI=1S/C15H20FNO/c1-2-12-5-4-9-17(10-8-12)15-7-3-6-14(16)13(15)11-18/h3,6-7,11-12H,2,4-5,8-10H2,1H3. The quantitative estimate of drug-likeness (QED) is 0.762. The van der Waals surface area contributed by atoms with Gasteiger partial charge in [0.05, 0.1) is 11.3 Å². The third-order valence-corrected chi connectivity index (χ3v) is 3.91. The highest BCUT2D eigenvalue weighted by molar-refractivity contribution is 5.85. The van der Waals surface area contributed by atoms with Gasteiger partial charge in [-0.2, -0.15) is 0 Å². The number of carbonyl (C=O) groups is 1. The van der Waals surface area contributed by atoms with Gasteiger partial charge in [-0.3, -0.25) is 4.79 Å². The molecule has 1 aromatic rings. The summed E-state index contributed by atoms with van der Waals surface area (Å²) in [5, 5.41) is 0. The van der Waals surface area contributed by atoms with Gasteiger partial charge in [0.1, 0.15) is 5.82 Å². The summed E-state index contributed by atoms with van der Waals surface area (Å²) >= 11 is 0. The van der Waals surface area contributed by atoms with E-state index in [1.165, 1.54) is 18.9 Å². The summed E-state index contributed by atoms with van der Waals surface area (Å²) in [6.45, 7) is 4.06. The Bertz CT molecular complexity index is 419. The first-order valence-corrected chi connectivity index (χ1v) is 6.75. The molecular weight excluding hydrogens is 229 g/mol. The zero-order chi connectivity index (χ0) is 13.0. The predicted molar refractivity (Wildman–Crippen MR) is 71.6 cm³/mol. The molecule has 0 amide bonds. The molecule has 98 valence electrons. The Labute approximate surface area is 108 Å². The Morgan fingerprint density at radius 2 is 2.22 bits per heavy atom. The molecule has 18 heavy (non-hydrogen) atoms. The topological polar surface area (TPSA) is 20.3 Å². The van der Waals surface area contributed by atoms with Gasteiger partial charge < -0.3 is 4.90 Å². The number of benzene rings is 1. The van der Waals surface area contributed by atoms with Crippen LogP contribution in [0.1, 0.15) is 43.0 Å². The van der Waals surface area contributed by atoms with Crippen LogP contribution in [-0.2, 0) is 0 Å². The number of hydrogen-bond donors (Lipinski definition) is 0. The van der Waals surface area contributed by atoms with Crippen molar-refractivity contribution in [3.8, 4) is 0 Å². The molecule has 1 aliphatic heterocycles. The van der Waals surface area contributed by atoms with Crippen molar-refractivity contribution in [1.82, 2.24) is 0 Å². The number of halogens is 1. The zero-order valence-corrected chi connectivity index (χ0v) is 10.9. The van der Waals surface area contributed by atoms with Crippen molar-refractivity contribution in [3.05, 3.63) is 29.6 Å². The summed E-state index contributed by atoms with van der Waals surface area (Å²) in [5.74, 6) is 0.349. The average molecular weight is 249 g/mol. The van der Waals surface area contributed by atoms with Crippen LogP contribution in [0.2, 0.25) is 0 Å². The number of hydrogen-bond acceptors (Lipinski definition) is 2. The third kappa shape index (κ3) is 2.71. The van der Waals surface area contributed by atoms with Crippen molar-refractivity contribution >= 4 is 12.0 Å². The molecular formula is C15H20FNO. The lowest BCUT2D eigenvalue weighted by molar-refractivity contribution is 0.112. The van der Waals surface area contributed by atoms with Gasteiger partial charge in [0, 0.05) is 13.1 Å². The highest BCUT2D eigenvalue weighted by Crippen LogP contribution is 2.27. The normalized spacial score (nSPS) is 20.6. The van der Waals surface area contributed by atoms with Gasteiger partial charge in [0.2, 0.25) is 0 Å². The van der Waals surface area contributed by atoms with E-state index in [9.17, 15) is 9.18 Å². The molecule has 1 fully saturated rings. The maximum Gasteiger partial charge on any atom is 0.155 e. The van der Waals surface area contributed by atoms with Gasteiger partial charge in [0.25, 0.3) is 0 Å². The van der Waals surface area contributed by atoms with Crippen LogP contribution in [0.3, 0.4) is 0 Å². The van der Waals surface area contributed by atoms with Crippen LogP contribution in [0.5, 0.6) is 0 Å². The van der Waals surface area contributed by atoms with Crippen LogP contribution >= 0.6 is 0 Å². The Morgan fingerprint density at radius 1 is 1.39 bits per heavy atom. The Balaban J connectivity index is 2.21. The van der Waals surface area contributed by atoms with Gasteiger partial charge in [-0.15, -0.1) is 0 Å². The summed E-state index contributed by atoms with van der Waals surface area (Å²) in [7, 11) is 0. The molecule has 0 saturated carbocycles. The molecule has 0 aromatic heterocycles. The van der Waals surface area contributed by atoms with Crippen LogP contribution in [0.25, 0.3) is 0 Å². The van der Waals surface area contributed by atoms with E-state index in [4.69, 9.17) is 0 Å². The Hall–Kier alpha value is -1.38. The lowest BCUT2D eigenvalue weighted by Crippen LogP contribution is -2.25. The van der Waals surface area contributed by atoms with Crippen molar-refractivity contribution in [2.75, 3.05) is 18.0 Å². The van der Waals surface area contributed by atoms with E-state index < -0.39 is 5.82 Å². The number of aldehydes is 1. The molecule has 1 aliphatic rings. The van der Waals surface area contributed by atoms with E-state index in [1.807, 2.05) is 6.07 Å². The van der Waals surface area contributed by atoms with Crippen LogP contribution < -0.4 is 4.90 Å². The lowest BCUT2D eigenvalue weighted by atomic mass is 9.98. The van der Waals surface area contributed by atoms with E-state index in [2.05, 4.69) is 11.8 Å². The first kappa shape index (κ1) is 13.1. The van der Waals surface area contributed by atoms with E-state index in [0.717, 1.165) is 37.5 Å². The molecule has 1 atom stereocenters. The van der Waals surface area contributed by atoms with Gasteiger partial charge in [-0.25, -0.2) is 4.39 Å². The predicted octanol–water partition coefficient (Wildman–Crippen LogP) is 3.65. The van der Waals surface area contributed by atoms with Crippen LogP contribution in [-0.4, -0.2) is 19.4 Å². The second-order valence-electron chi connectivity index (χ2n) is 4.98. The summed E-state index contributed by atoms with van der Waals surface area (Å²) in [5.41, 5.74) is 0.953. The lowest BCUT2D eigenvalue weighted by Gasteiger charge is -2.24. The van der Waals surface area contributed by atoms with Gasteiger partial charge >= 0.3 is 0 Å². The van der Waals surface area contributed by atoms with Gasteiger partial charge in [-0.05, 0) is 37.3 Å². The fraction of sp³-hybridized carbons (Fsp3) is 0.533. The van der Waals surface area contributed by atoms with Crippen LogP contribution in [0, 0.1) is 11.7 Å². The SMILES string of the molecule is CCC1CCCN(c2cccc(F)c2C=O)CC1. The fourth-order valence-electron chi connectivity index (χ4n) is 2.73. The van der Waals surface area contributed by atoms with Crippen molar-refractivity contribution < 1.29 is 9.18 Å². The van der Waals surface area contributed by atoms with Crippen LogP contribution in [0.15, 0.2) is 18.2 Å². The second kappa shape index (κ2) is 5.98. The van der Waals surface area contributed by atoms with Crippen LogP contribution in [0.4, 0.5) is 10.1 Å². The minimum Gasteiger partial charge on any atom is -0.371 e. The fourth-order valence-corrected chi connectivity index (χ4v) is 2.73. The molecule has 1 heterocycles. The molecule has 1 aromatic carbocycles. The zero-order valence-electron chi connectivity index (χ0n) is 10.9. The van der Waals surface area contributed by atoms with Gasteiger partial charge in [-0.1, -0.05) is 19.4 Å². The van der Waals surface area contributed by atoms with E-state index in [1.54, 1.807) is 6.07 Å². The molecule has 3 heteroatoms. The summed E-state index contributed by atoms with van der Waals surface area (Å²) in [6.07, 6.45) is 5.32. The highest BCUT2D eigenvalue weighted by atomic mass is 19.1. The third-order valence-electron chi connectivity index (χ3n) is 3.91. The van der Waals surface area contributed by atoms with Crippen molar-refractivity contribution in [3.63, 3.8) is 0 Å². The van der Waals surface area contributed by atoms with Crippen molar-refractivity contribution in [2.24, 2.45) is 5.92 Å². The molecule has 1 unspecified atom stereocenters. The van der Waals surface area contributed by atoms with Gasteiger partial charge in [0.15, 0.2) is 6.29 Å². The summed E-state index contributed by atoms with van der Waals surface area (Å²) < 4.78 is 13.6. The van der Waals surface area contributed by atoms with Crippen molar-refractivity contribution in [2.45, 2.75) is 32.6 Å². The number of nitrogens with zero attached hydrogens (tertiary/aromatic N) is 1. The monoisotopic (exact) mass is 249 g/mol. The molecule has 0 bridgehead atoms. The largest absolute Gasteiger partial charge is 0.371 e. The highest BCUT2D eigenvalue weighted by Gasteiger charge is 2.19. The van der Waals surface area contributed by atoms with E-state index in [0.29, 0.717) is 6.29 Å².